The smallest absolute Gasteiger partial charge is 0.407 e. The number of aliphatic carboxylic acids is 1. The molecule has 0 radical (unpaired) electrons. The number of likely N-dealkylation sites (tertiary alicyclic amines) is 1. The van der Waals surface area contributed by atoms with Gasteiger partial charge in [-0.3, -0.25) is 0 Å². The number of nitrogens with zero attached hydrogens (tertiary/aromatic N) is 1. The molecule has 0 aromatic heterocycles. The summed E-state index contributed by atoms with van der Waals surface area (Å²) in [6, 6.07) is -1.44. The summed E-state index contributed by atoms with van der Waals surface area (Å²) in [6.45, 7) is 2.78. The minimum atomic E-state index is -1.03. The minimum Gasteiger partial charge on any atom is -0.480 e. The van der Waals surface area contributed by atoms with Crippen LogP contribution in [0.25, 0.3) is 0 Å². The van der Waals surface area contributed by atoms with Gasteiger partial charge in [0.25, 0.3) is 0 Å². The Hall–Kier alpha value is -1.99. The Labute approximate surface area is 123 Å². The third-order valence-corrected chi connectivity index (χ3v) is 3.42. The van der Waals surface area contributed by atoms with E-state index < -0.39 is 24.1 Å². The molecule has 8 heteroatoms. The minimum absolute atomic E-state index is 0.165. The topological polar surface area (TPSA) is 108 Å². The highest BCUT2D eigenvalue weighted by atomic mass is 16.5. The zero-order valence-electron chi connectivity index (χ0n) is 12.4. The van der Waals surface area contributed by atoms with Crippen LogP contribution >= 0.6 is 0 Å². The Morgan fingerprint density at radius 3 is 2.71 bits per heavy atom. The summed E-state index contributed by atoms with van der Waals surface area (Å²) in [7, 11) is 1.28. The lowest BCUT2D eigenvalue weighted by molar-refractivity contribution is -0.139. The number of carbonyl (C=O) groups is 3. The van der Waals surface area contributed by atoms with Crippen molar-refractivity contribution < 1.29 is 24.2 Å². The molecule has 1 aliphatic rings. The maximum Gasteiger partial charge on any atom is 0.407 e. The molecule has 0 spiro atoms. The highest BCUT2D eigenvalue weighted by molar-refractivity contribution is 5.82. The molecule has 3 amide bonds. The molecule has 1 aliphatic heterocycles. The van der Waals surface area contributed by atoms with Gasteiger partial charge in [0.1, 0.15) is 6.04 Å². The average Bonchev–Trinajstić information content (AvgIpc) is 2.91. The Bertz CT molecular complexity index is 388. The summed E-state index contributed by atoms with van der Waals surface area (Å²) < 4.78 is 4.50. The predicted octanol–water partition coefficient (Wildman–Crippen LogP) is 0.770. The van der Waals surface area contributed by atoms with Crippen LogP contribution < -0.4 is 10.6 Å². The number of amides is 3. The Morgan fingerprint density at radius 1 is 1.43 bits per heavy atom. The van der Waals surface area contributed by atoms with Crippen molar-refractivity contribution in [3.8, 4) is 0 Å². The number of carbonyl (C=O) groups excluding carboxylic acids is 2. The first-order chi connectivity index (χ1) is 9.97. The summed E-state index contributed by atoms with van der Waals surface area (Å²) in [5.41, 5.74) is 0. The molecule has 0 saturated carbocycles. The number of carboxylic acid groups (broad SMARTS) is 1. The van der Waals surface area contributed by atoms with Crippen molar-refractivity contribution in [1.82, 2.24) is 15.5 Å². The molecule has 1 rings (SSSR count). The molecule has 0 aliphatic carbocycles. The van der Waals surface area contributed by atoms with Crippen molar-refractivity contribution in [2.45, 2.75) is 44.7 Å². The van der Waals surface area contributed by atoms with Crippen LogP contribution in [0.2, 0.25) is 0 Å². The van der Waals surface area contributed by atoms with Crippen molar-refractivity contribution in [3.63, 3.8) is 0 Å². The van der Waals surface area contributed by atoms with Gasteiger partial charge in [-0.25, -0.2) is 14.4 Å². The number of methoxy groups -OCH3 is 1. The van der Waals surface area contributed by atoms with Gasteiger partial charge in [0.05, 0.1) is 13.2 Å². The number of hydrogen-bond donors (Lipinski definition) is 3. The second kappa shape index (κ2) is 8.33. The first-order valence-electron chi connectivity index (χ1n) is 7.10. The van der Waals surface area contributed by atoms with Gasteiger partial charge < -0.3 is 25.4 Å². The van der Waals surface area contributed by atoms with Crippen molar-refractivity contribution >= 4 is 18.1 Å². The van der Waals surface area contributed by atoms with Crippen molar-refractivity contribution in [3.05, 3.63) is 0 Å². The Balaban J connectivity index is 2.44. The molecule has 0 aromatic rings. The van der Waals surface area contributed by atoms with E-state index in [1.54, 1.807) is 0 Å². The van der Waals surface area contributed by atoms with Crippen LogP contribution in [-0.4, -0.2) is 60.4 Å². The lowest BCUT2D eigenvalue weighted by Crippen LogP contribution is -2.48. The second-order valence-corrected chi connectivity index (χ2v) is 5.05. The van der Waals surface area contributed by atoms with Gasteiger partial charge in [-0.1, -0.05) is 19.8 Å². The zero-order chi connectivity index (χ0) is 15.8. The van der Waals surface area contributed by atoms with E-state index in [4.69, 9.17) is 5.11 Å². The number of unbranched alkanes of at least 4 members (excludes halogenated alkanes) is 1. The van der Waals surface area contributed by atoms with Gasteiger partial charge in [0.15, 0.2) is 0 Å². The highest BCUT2D eigenvalue weighted by Gasteiger charge is 2.29. The molecule has 2 atom stereocenters. The van der Waals surface area contributed by atoms with E-state index in [2.05, 4.69) is 15.4 Å². The number of ether oxygens (including phenoxy) is 1. The van der Waals surface area contributed by atoms with Crippen LogP contribution in [0.4, 0.5) is 9.59 Å². The van der Waals surface area contributed by atoms with Gasteiger partial charge in [-0.15, -0.1) is 0 Å². The molecule has 120 valence electrons. The van der Waals surface area contributed by atoms with Gasteiger partial charge in [0, 0.05) is 13.1 Å². The largest absolute Gasteiger partial charge is 0.480 e. The molecule has 1 unspecified atom stereocenters. The van der Waals surface area contributed by atoms with Crippen LogP contribution in [0.3, 0.4) is 0 Å². The van der Waals surface area contributed by atoms with Crippen molar-refractivity contribution in [1.29, 1.82) is 0 Å². The molecule has 21 heavy (non-hydrogen) atoms. The van der Waals surface area contributed by atoms with E-state index in [0.29, 0.717) is 25.9 Å². The molecule has 1 saturated heterocycles. The maximum absolute atomic E-state index is 12.0. The third kappa shape index (κ3) is 5.49. The summed E-state index contributed by atoms with van der Waals surface area (Å²) in [5, 5.41) is 14.2. The van der Waals surface area contributed by atoms with Crippen molar-refractivity contribution in [2.24, 2.45) is 0 Å². The molecule has 0 aromatic carbocycles. The van der Waals surface area contributed by atoms with Crippen LogP contribution in [0.15, 0.2) is 0 Å². The number of hydrogen-bond acceptors (Lipinski definition) is 4. The number of rotatable bonds is 6. The molecular weight excluding hydrogens is 278 g/mol. The normalized spacial score (nSPS) is 19.0. The molecular formula is C13H23N3O5. The fourth-order valence-corrected chi connectivity index (χ4v) is 2.19. The summed E-state index contributed by atoms with van der Waals surface area (Å²) >= 11 is 0. The summed E-state index contributed by atoms with van der Waals surface area (Å²) in [4.78, 5) is 35.7. The number of nitrogens with one attached hydrogen (secondary N) is 2. The first kappa shape index (κ1) is 17.1. The lowest BCUT2D eigenvalue weighted by atomic mass is 10.1. The summed E-state index contributed by atoms with van der Waals surface area (Å²) in [6.07, 6.45) is 2.11. The fourth-order valence-electron chi connectivity index (χ4n) is 2.19. The quantitative estimate of drug-likeness (QED) is 0.671. The lowest BCUT2D eigenvalue weighted by Gasteiger charge is -2.21. The van der Waals surface area contributed by atoms with E-state index in [1.807, 2.05) is 6.92 Å². The summed E-state index contributed by atoms with van der Waals surface area (Å²) in [5.74, 6) is -1.03. The van der Waals surface area contributed by atoms with Crippen LogP contribution in [0.5, 0.6) is 0 Å². The van der Waals surface area contributed by atoms with Gasteiger partial charge in [0.2, 0.25) is 0 Å². The monoisotopic (exact) mass is 301 g/mol. The van der Waals surface area contributed by atoms with Crippen LogP contribution in [0.1, 0.15) is 32.6 Å². The van der Waals surface area contributed by atoms with Crippen LogP contribution in [0, 0.1) is 0 Å². The zero-order valence-corrected chi connectivity index (χ0v) is 12.4. The van der Waals surface area contributed by atoms with E-state index in [9.17, 15) is 14.4 Å². The molecule has 3 N–H and O–H groups in total. The van der Waals surface area contributed by atoms with Gasteiger partial charge in [-0.05, 0) is 12.8 Å². The average molecular weight is 301 g/mol. The molecule has 1 fully saturated rings. The molecule has 1 heterocycles. The first-order valence-corrected chi connectivity index (χ1v) is 7.10. The number of carboxylic acids is 1. The third-order valence-electron chi connectivity index (χ3n) is 3.42. The van der Waals surface area contributed by atoms with E-state index >= 15 is 0 Å². The fraction of sp³-hybridized carbons (Fsp3) is 0.769. The Morgan fingerprint density at radius 2 is 2.14 bits per heavy atom. The van der Waals surface area contributed by atoms with Gasteiger partial charge in [-0.2, -0.15) is 0 Å². The predicted molar refractivity (Wildman–Crippen MR) is 75.0 cm³/mol. The number of alkyl carbamates (subject to hydrolysis) is 1. The second-order valence-electron chi connectivity index (χ2n) is 5.05. The standard InChI is InChI=1S/C13H23N3O5/c1-3-4-5-10(11(17)18)15-12(19)16-7-6-9(8-16)14-13(20)21-2/h9-10H,3-8H2,1-2H3,(H,14,20)(H,15,19)(H,17,18)/t9?,10-/m0/s1. The number of urea groups is 1. The highest BCUT2D eigenvalue weighted by Crippen LogP contribution is 2.10. The van der Waals surface area contributed by atoms with Crippen molar-refractivity contribution in [2.75, 3.05) is 20.2 Å². The molecule has 8 nitrogen and oxygen atoms in total. The van der Waals surface area contributed by atoms with Gasteiger partial charge >= 0.3 is 18.1 Å². The SMILES string of the molecule is CCCC[C@H](NC(=O)N1CCC(NC(=O)OC)C1)C(=O)O. The Kier molecular flexibility index (Phi) is 6.77. The van der Waals surface area contributed by atoms with E-state index in [-0.39, 0.29) is 6.04 Å². The molecule has 0 bridgehead atoms. The van der Waals surface area contributed by atoms with E-state index in [0.717, 1.165) is 12.8 Å². The van der Waals surface area contributed by atoms with E-state index in [1.165, 1.54) is 12.0 Å². The van der Waals surface area contributed by atoms with Crippen LogP contribution in [-0.2, 0) is 9.53 Å². The maximum atomic E-state index is 12.0.